The van der Waals surface area contributed by atoms with E-state index in [0.29, 0.717) is 6.42 Å². The molecule has 0 aromatic carbocycles. The van der Waals surface area contributed by atoms with E-state index in [0.717, 1.165) is 19.3 Å². The van der Waals surface area contributed by atoms with Crippen LogP contribution in [0, 0.1) is 0 Å². The number of amides is 2. The Morgan fingerprint density at radius 2 is 1.25 bits per heavy atom. The second-order valence-electron chi connectivity index (χ2n) is 7.46. The maximum Gasteiger partial charge on any atom is 1.00 e. The predicted molar refractivity (Wildman–Crippen MR) is 109 cm³/mol. The summed E-state index contributed by atoms with van der Waals surface area (Å²) in [7, 11) is 0. The van der Waals surface area contributed by atoms with Crippen LogP contribution >= 0.6 is 0 Å². The van der Waals surface area contributed by atoms with Gasteiger partial charge in [0.2, 0.25) is 11.8 Å². The maximum absolute atomic E-state index is 11.8. The van der Waals surface area contributed by atoms with Crippen molar-refractivity contribution in [2.75, 3.05) is 0 Å². The summed E-state index contributed by atoms with van der Waals surface area (Å²) in [6.07, 6.45) is 16.4. The van der Waals surface area contributed by atoms with E-state index < -0.39 is 17.9 Å². The number of carboxylic acid groups (broad SMARTS) is 1. The zero-order chi connectivity index (χ0) is 20.3. The Labute approximate surface area is 194 Å². The first-order valence-electron chi connectivity index (χ1n) is 10.8. The Morgan fingerprint density at radius 3 is 1.64 bits per heavy atom. The van der Waals surface area contributed by atoms with E-state index in [-0.39, 0.29) is 49.7 Å². The molecule has 0 aromatic heterocycles. The minimum absolute atomic E-state index is 0. The smallest absolute Gasteiger partial charge is 1.00 e. The third kappa shape index (κ3) is 20.2. The number of carbonyl (C=O) groups is 3. The summed E-state index contributed by atoms with van der Waals surface area (Å²) >= 11 is 0. The molecule has 7 heteroatoms. The largest absolute Gasteiger partial charge is 1.00 e. The molecular weight excluding hydrogens is 367 g/mol. The molecule has 28 heavy (non-hydrogen) atoms. The van der Waals surface area contributed by atoms with Crippen molar-refractivity contribution >= 4 is 17.8 Å². The van der Waals surface area contributed by atoms with Gasteiger partial charge in [-0.3, -0.25) is 9.59 Å². The number of nitrogens with two attached hydrogens (primary N) is 1. The molecule has 0 bridgehead atoms. The molecule has 0 aliphatic carbocycles. The molecule has 6 nitrogen and oxygen atoms in total. The van der Waals surface area contributed by atoms with Gasteiger partial charge >= 0.3 is 35.5 Å². The zero-order valence-electron chi connectivity index (χ0n) is 19.1. The minimum atomic E-state index is -1.13. The third-order valence-electron chi connectivity index (χ3n) is 4.82. The Hall–Kier alpha value is -0.590. The molecule has 2 amide bonds. The Bertz CT molecular complexity index is 425. The van der Waals surface area contributed by atoms with Crippen LogP contribution in [0.5, 0.6) is 0 Å². The van der Waals surface area contributed by atoms with Crippen LogP contribution in [-0.4, -0.2) is 28.9 Å². The van der Waals surface area contributed by atoms with Gasteiger partial charge in [0.15, 0.2) is 0 Å². The zero-order valence-corrected chi connectivity index (χ0v) is 20.1. The van der Waals surface area contributed by atoms with Crippen molar-refractivity contribution in [3.8, 4) is 0 Å². The number of carbonyl (C=O) groups excluding carboxylic acids is 2. The van der Waals surface area contributed by atoms with E-state index in [1.807, 2.05) is 0 Å². The molecule has 0 fully saturated rings. The summed E-state index contributed by atoms with van der Waals surface area (Å²) in [6.45, 7) is 2.24. The second-order valence-corrected chi connectivity index (χ2v) is 7.46. The first-order chi connectivity index (χ1) is 13.0. The summed E-state index contributed by atoms with van der Waals surface area (Å²) < 4.78 is 0. The van der Waals surface area contributed by atoms with Crippen molar-refractivity contribution in [1.29, 1.82) is 0 Å². The van der Waals surface area contributed by atoms with Crippen LogP contribution in [-0.2, 0) is 14.4 Å². The standard InChI is InChI=1S/C21H40N2O4.Na.H/c1-2-3-4-5-6-7-8-9-10-11-12-13-14-15-20(25)23-18(21(26)27)16-17-19(22)24;;/h18H,2-17H2,1H3,(H2,22,24)(H,23,25)(H,26,27);;/q;+1;-1. The van der Waals surface area contributed by atoms with Crippen LogP contribution in [0.1, 0.15) is 111 Å². The molecule has 0 saturated carbocycles. The van der Waals surface area contributed by atoms with E-state index in [9.17, 15) is 14.4 Å². The van der Waals surface area contributed by atoms with E-state index in [1.165, 1.54) is 64.2 Å². The van der Waals surface area contributed by atoms with Crippen LogP contribution in [0.15, 0.2) is 0 Å². The van der Waals surface area contributed by atoms with Gasteiger partial charge in [0.25, 0.3) is 0 Å². The normalized spacial score (nSPS) is 11.5. The van der Waals surface area contributed by atoms with Crippen LogP contribution in [0.4, 0.5) is 0 Å². The molecule has 0 aliphatic rings. The van der Waals surface area contributed by atoms with E-state index in [4.69, 9.17) is 10.8 Å². The molecule has 0 rings (SSSR count). The van der Waals surface area contributed by atoms with Gasteiger partial charge in [0.1, 0.15) is 6.04 Å². The summed E-state index contributed by atoms with van der Waals surface area (Å²) in [5.74, 6) is -1.96. The number of hydrogen-bond donors (Lipinski definition) is 3. The third-order valence-corrected chi connectivity index (χ3v) is 4.82. The fourth-order valence-corrected chi connectivity index (χ4v) is 3.11. The molecule has 0 saturated heterocycles. The van der Waals surface area contributed by atoms with Crippen molar-refractivity contribution in [3.63, 3.8) is 0 Å². The fraction of sp³-hybridized carbons (Fsp3) is 0.857. The molecule has 0 spiro atoms. The molecular formula is C21H41N2NaO4. The van der Waals surface area contributed by atoms with Gasteiger partial charge < -0.3 is 17.6 Å². The maximum atomic E-state index is 11.8. The number of unbranched alkanes of at least 4 members (excludes halogenated alkanes) is 12. The van der Waals surface area contributed by atoms with Gasteiger partial charge in [-0.15, -0.1) is 0 Å². The summed E-state index contributed by atoms with van der Waals surface area (Å²) in [4.78, 5) is 33.6. The summed E-state index contributed by atoms with van der Waals surface area (Å²) in [5.41, 5.74) is 5.02. The van der Waals surface area contributed by atoms with Crippen molar-refractivity contribution in [2.24, 2.45) is 5.73 Å². The second kappa shape index (κ2) is 21.1. The summed E-state index contributed by atoms with van der Waals surface area (Å²) in [5, 5.41) is 11.5. The Balaban J connectivity index is -0.00000338. The first-order valence-corrected chi connectivity index (χ1v) is 10.8. The van der Waals surface area contributed by atoms with Gasteiger partial charge in [-0.05, 0) is 12.8 Å². The average molecular weight is 409 g/mol. The quantitative estimate of drug-likeness (QED) is 0.222. The number of hydrogen-bond acceptors (Lipinski definition) is 3. The van der Waals surface area contributed by atoms with Gasteiger partial charge in [-0.25, -0.2) is 4.79 Å². The SMILES string of the molecule is CCCCCCCCCCCCCCCC(=O)NC(CCC(N)=O)C(=O)O.[H-].[Na+]. The van der Waals surface area contributed by atoms with Crippen LogP contribution in [0.3, 0.4) is 0 Å². The number of primary amides is 1. The molecule has 160 valence electrons. The molecule has 0 heterocycles. The number of aliphatic carboxylic acids is 1. The minimum Gasteiger partial charge on any atom is -1.00 e. The predicted octanol–water partition coefficient (Wildman–Crippen LogP) is 1.42. The topological polar surface area (TPSA) is 109 Å². The molecule has 0 aromatic rings. The monoisotopic (exact) mass is 408 g/mol. The van der Waals surface area contributed by atoms with Crippen molar-refractivity contribution in [2.45, 2.75) is 116 Å². The fourth-order valence-electron chi connectivity index (χ4n) is 3.11. The Morgan fingerprint density at radius 1 is 0.821 bits per heavy atom. The number of nitrogens with one attached hydrogen (secondary N) is 1. The van der Waals surface area contributed by atoms with E-state index in [2.05, 4.69) is 12.2 Å². The van der Waals surface area contributed by atoms with E-state index in [1.54, 1.807) is 0 Å². The van der Waals surface area contributed by atoms with Gasteiger partial charge in [-0.1, -0.05) is 84.0 Å². The number of carboxylic acids is 1. The summed E-state index contributed by atoms with van der Waals surface area (Å²) in [6, 6.07) is -1.04. The molecule has 0 aliphatic heterocycles. The van der Waals surface area contributed by atoms with Crippen molar-refractivity contribution < 1.29 is 50.5 Å². The van der Waals surface area contributed by atoms with Crippen LogP contribution in [0.25, 0.3) is 0 Å². The molecule has 0 radical (unpaired) electrons. The van der Waals surface area contributed by atoms with Gasteiger partial charge in [0, 0.05) is 12.8 Å². The van der Waals surface area contributed by atoms with Gasteiger partial charge in [0.05, 0.1) is 0 Å². The van der Waals surface area contributed by atoms with E-state index >= 15 is 0 Å². The first kappa shape index (κ1) is 29.6. The average Bonchev–Trinajstić information content (AvgIpc) is 2.62. The van der Waals surface area contributed by atoms with Crippen LogP contribution < -0.4 is 40.6 Å². The molecule has 1 atom stereocenters. The van der Waals surface area contributed by atoms with Crippen molar-refractivity contribution in [1.82, 2.24) is 5.32 Å². The van der Waals surface area contributed by atoms with Gasteiger partial charge in [-0.2, -0.15) is 0 Å². The van der Waals surface area contributed by atoms with Crippen molar-refractivity contribution in [3.05, 3.63) is 0 Å². The Kier molecular flexibility index (Phi) is 22.3. The molecule has 1 unspecified atom stereocenters. The number of rotatable bonds is 19. The van der Waals surface area contributed by atoms with Crippen LogP contribution in [0.2, 0.25) is 0 Å². The molecule has 4 N–H and O–H groups in total.